The number of carbonyl (C=O) groups excluding carboxylic acids is 1. The van der Waals surface area contributed by atoms with Crippen LogP contribution in [0.1, 0.15) is 15.9 Å². The lowest BCUT2D eigenvalue weighted by molar-refractivity contribution is 0.0990. The first-order valence-corrected chi connectivity index (χ1v) is 8.74. The van der Waals surface area contributed by atoms with Gasteiger partial charge in [0.25, 0.3) is 0 Å². The summed E-state index contributed by atoms with van der Waals surface area (Å²) in [5, 5.41) is 0. The molecule has 0 aliphatic carbocycles. The minimum atomic E-state index is -0.0455. The Morgan fingerprint density at radius 2 is 1.93 bits per heavy atom. The number of aromatic nitrogens is 2. The van der Waals surface area contributed by atoms with Gasteiger partial charge in [-0.3, -0.25) is 4.79 Å². The second-order valence-corrected chi connectivity index (χ2v) is 6.21. The smallest absolute Gasteiger partial charge is 0.228 e. The minimum absolute atomic E-state index is 0.0455. The molecule has 0 radical (unpaired) electrons. The summed E-state index contributed by atoms with van der Waals surface area (Å²) in [4.78, 5) is 21.4. The maximum absolute atomic E-state index is 12.8. The second kappa shape index (κ2) is 7.52. The molecule has 6 nitrogen and oxygen atoms in total. The minimum Gasteiger partial charge on any atom is -0.497 e. The summed E-state index contributed by atoms with van der Waals surface area (Å²) in [7, 11) is 3.11. The first kappa shape index (κ1) is 17.7. The molecule has 0 fully saturated rings. The molecule has 6 heteroatoms. The number of ketones is 1. The van der Waals surface area contributed by atoms with Crippen LogP contribution >= 0.6 is 0 Å². The number of ether oxygens (including phenoxy) is 2. The molecule has 0 unspecified atom stereocenters. The molecule has 0 saturated carbocycles. The fourth-order valence-electron chi connectivity index (χ4n) is 3.02. The Labute approximate surface area is 161 Å². The van der Waals surface area contributed by atoms with Gasteiger partial charge in [-0.05, 0) is 42.0 Å². The van der Waals surface area contributed by atoms with E-state index in [1.807, 2.05) is 30.3 Å². The summed E-state index contributed by atoms with van der Waals surface area (Å²) in [5.41, 5.74) is 3.35. The quantitative estimate of drug-likeness (QED) is 0.468. The van der Waals surface area contributed by atoms with Gasteiger partial charge < -0.3 is 13.9 Å². The molecule has 0 bridgehead atoms. The molecule has 28 heavy (non-hydrogen) atoms. The van der Waals surface area contributed by atoms with Crippen molar-refractivity contribution in [2.45, 2.75) is 6.42 Å². The molecule has 0 atom stereocenters. The Kier molecular flexibility index (Phi) is 4.76. The summed E-state index contributed by atoms with van der Waals surface area (Å²) in [6, 6.07) is 16.4. The van der Waals surface area contributed by atoms with Crippen LogP contribution in [0.15, 0.2) is 65.2 Å². The summed E-state index contributed by atoms with van der Waals surface area (Å²) in [6.07, 6.45) is 1.90. The molecule has 2 heterocycles. The van der Waals surface area contributed by atoms with Crippen LogP contribution < -0.4 is 9.47 Å². The molecule has 0 aliphatic rings. The number of benzene rings is 2. The monoisotopic (exact) mass is 374 g/mol. The predicted octanol–water partition coefficient (Wildman–Crippen LogP) is 4.33. The van der Waals surface area contributed by atoms with Crippen molar-refractivity contribution in [3.05, 3.63) is 71.9 Å². The number of fused-ring (bicyclic) bond motifs is 1. The number of nitrogens with zero attached hydrogens (tertiary/aromatic N) is 2. The van der Waals surface area contributed by atoms with Crippen molar-refractivity contribution in [3.8, 4) is 23.0 Å². The maximum Gasteiger partial charge on any atom is 0.228 e. The topological polar surface area (TPSA) is 74.5 Å². The first-order valence-electron chi connectivity index (χ1n) is 8.74. The van der Waals surface area contributed by atoms with Gasteiger partial charge in [0.2, 0.25) is 5.89 Å². The zero-order valence-electron chi connectivity index (χ0n) is 15.5. The Morgan fingerprint density at radius 1 is 1.04 bits per heavy atom. The van der Waals surface area contributed by atoms with Gasteiger partial charge in [0, 0.05) is 24.2 Å². The molecular weight excluding hydrogens is 356 g/mol. The van der Waals surface area contributed by atoms with Gasteiger partial charge in [-0.25, -0.2) is 4.98 Å². The van der Waals surface area contributed by atoms with E-state index in [0.717, 1.165) is 11.1 Å². The molecule has 0 saturated heterocycles. The third-order valence-corrected chi connectivity index (χ3v) is 4.41. The third kappa shape index (κ3) is 3.44. The van der Waals surface area contributed by atoms with E-state index in [1.54, 1.807) is 37.6 Å². The van der Waals surface area contributed by atoms with Crippen molar-refractivity contribution < 1.29 is 18.7 Å². The SMILES string of the molecule is COc1ccc(C(=O)Cc2cccc(-c3nc4ncccc4o3)c2)c(OC)c1. The molecule has 0 spiro atoms. The zero-order chi connectivity index (χ0) is 19.5. The first-order chi connectivity index (χ1) is 13.7. The molecule has 0 N–H and O–H groups in total. The van der Waals surface area contributed by atoms with E-state index in [0.29, 0.717) is 34.2 Å². The highest BCUT2D eigenvalue weighted by molar-refractivity contribution is 6.00. The van der Waals surface area contributed by atoms with Gasteiger partial charge in [-0.1, -0.05) is 12.1 Å². The Bertz CT molecular complexity index is 1120. The van der Waals surface area contributed by atoms with E-state index in [2.05, 4.69) is 9.97 Å². The zero-order valence-corrected chi connectivity index (χ0v) is 15.5. The van der Waals surface area contributed by atoms with Gasteiger partial charge in [-0.2, -0.15) is 4.98 Å². The van der Waals surface area contributed by atoms with Crippen LogP contribution in [0.3, 0.4) is 0 Å². The van der Waals surface area contributed by atoms with Crippen molar-refractivity contribution in [2.75, 3.05) is 14.2 Å². The van der Waals surface area contributed by atoms with Gasteiger partial charge >= 0.3 is 0 Å². The van der Waals surface area contributed by atoms with Crippen LogP contribution in [0, 0.1) is 0 Å². The molecule has 4 rings (SSSR count). The largest absolute Gasteiger partial charge is 0.497 e. The van der Waals surface area contributed by atoms with Crippen LogP contribution in [-0.2, 0) is 6.42 Å². The molecule has 4 aromatic rings. The Morgan fingerprint density at radius 3 is 2.71 bits per heavy atom. The second-order valence-electron chi connectivity index (χ2n) is 6.21. The van der Waals surface area contributed by atoms with E-state index in [9.17, 15) is 4.79 Å². The standard InChI is InChI=1S/C22H18N2O4/c1-26-16-8-9-17(20(13-16)27-2)18(25)12-14-5-3-6-15(11-14)22-24-21-19(28-22)7-4-10-23-21/h3-11,13H,12H2,1-2H3. The van der Waals surface area contributed by atoms with Gasteiger partial charge in [-0.15, -0.1) is 0 Å². The summed E-state index contributed by atoms with van der Waals surface area (Å²) < 4.78 is 16.3. The lowest BCUT2D eigenvalue weighted by atomic mass is 10.0. The van der Waals surface area contributed by atoms with Crippen LogP contribution in [-0.4, -0.2) is 30.0 Å². The highest BCUT2D eigenvalue weighted by atomic mass is 16.5. The highest BCUT2D eigenvalue weighted by Crippen LogP contribution is 2.27. The lowest BCUT2D eigenvalue weighted by Crippen LogP contribution is -2.06. The van der Waals surface area contributed by atoms with Crippen molar-refractivity contribution in [1.29, 1.82) is 0 Å². The normalized spacial score (nSPS) is 10.8. The van der Waals surface area contributed by atoms with E-state index >= 15 is 0 Å². The number of methoxy groups -OCH3 is 2. The molecule has 2 aromatic carbocycles. The van der Waals surface area contributed by atoms with Crippen LogP contribution in [0.4, 0.5) is 0 Å². The van der Waals surface area contributed by atoms with Crippen molar-refractivity contribution in [1.82, 2.24) is 9.97 Å². The van der Waals surface area contributed by atoms with E-state index in [4.69, 9.17) is 13.9 Å². The maximum atomic E-state index is 12.8. The molecular formula is C22H18N2O4. The fraction of sp³-hybridized carbons (Fsp3) is 0.136. The number of pyridine rings is 1. The molecule has 140 valence electrons. The predicted molar refractivity (Wildman–Crippen MR) is 105 cm³/mol. The average Bonchev–Trinajstić information content (AvgIpc) is 3.17. The number of hydrogen-bond donors (Lipinski definition) is 0. The van der Waals surface area contributed by atoms with Crippen LogP contribution in [0.25, 0.3) is 22.7 Å². The van der Waals surface area contributed by atoms with E-state index in [-0.39, 0.29) is 12.2 Å². The van der Waals surface area contributed by atoms with Crippen molar-refractivity contribution in [2.24, 2.45) is 0 Å². The summed E-state index contributed by atoms with van der Waals surface area (Å²) >= 11 is 0. The van der Waals surface area contributed by atoms with Crippen molar-refractivity contribution >= 4 is 17.0 Å². The van der Waals surface area contributed by atoms with Gasteiger partial charge in [0.05, 0.1) is 19.8 Å². The van der Waals surface area contributed by atoms with E-state index in [1.165, 1.54) is 7.11 Å². The Hall–Kier alpha value is -3.67. The number of oxazole rings is 1. The lowest BCUT2D eigenvalue weighted by Gasteiger charge is -2.10. The third-order valence-electron chi connectivity index (χ3n) is 4.41. The van der Waals surface area contributed by atoms with Gasteiger partial charge in [0.1, 0.15) is 11.5 Å². The average molecular weight is 374 g/mol. The number of Topliss-reactive ketones (excluding diaryl/α,β-unsaturated/α-hetero) is 1. The number of rotatable bonds is 6. The number of hydrogen-bond acceptors (Lipinski definition) is 6. The fourth-order valence-corrected chi connectivity index (χ4v) is 3.02. The molecule has 0 aliphatic heterocycles. The molecule has 0 amide bonds. The summed E-state index contributed by atoms with van der Waals surface area (Å²) in [5.74, 6) is 1.56. The van der Waals surface area contributed by atoms with Crippen molar-refractivity contribution in [3.63, 3.8) is 0 Å². The summed E-state index contributed by atoms with van der Waals surface area (Å²) in [6.45, 7) is 0. The van der Waals surface area contributed by atoms with Gasteiger partial charge in [0.15, 0.2) is 17.0 Å². The highest BCUT2D eigenvalue weighted by Gasteiger charge is 2.15. The van der Waals surface area contributed by atoms with E-state index < -0.39 is 0 Å². The Balaban J connectivity index is 1.61. The van der Waals surface area contributed by atoms with Crippen LogP contribution in [0.5, 0.6) is 11.5 Å². The van der Waals surface area contributed by atoms with Crippen LogP contribution in [0.2, 0.25) is 0 Å². The number of carbonyl (C=O) groups is 1. The molecule has 2 aromatic heterocycles.